The van der Waals surface area contributed by atoms with Gasteiger partial charge < -0.3 is 10.2 Å². The highest BCUT2D eigenvalue weighted by molar-refractivity contribution is 5.89. The zero-order valence-electron chi connectivity index (χ0n) is 13.0. The van der Waals surface area contributed by atoms with E-state index in [1.165, 1.54) is 0 Å². The number of hydrogen-bond acceptors (Lipinski definition) is 4. The molecule has 0 unspecified atom stereocenters. The fourth-order valence-corrected chi connectivity index (χ4v) is 2.69. The predicted molar refractivity (Wildman–Crippen MR) is 83.6 cm³/mol. The number of amides is 2. The maximum absolute atomic E-state index is 12.2. The molecule has 0 saturated carbocycles. The molecule has 0 aromatic carbocycles. The van der Waals surface area contributed by atoms with Crippen LogP contribution in [0.1, 0.15) is 18.9 Å². The fraction of sp³-hybridized carbons (Fsp3) is 0.375. The van der Waals surface area contributed by atoms with Crippen LogP contribution < -0.4 is 5.32 Å². The Morgan fingerprint density at radius 1 is 1.43 bits per heavy atom. The quantitative estimate of drug-likeness (QED) is 0.883. The third-order valence-electron chi connectivity index (χ3n) is 3.98. The Morgan fingerprint density at radius 2 is 2.30 bits per heavy atom. The molecule has 1 aliphatic heterocycles. The number of likely N-dealkylation sites (tertiary alicyclic amines) is 1. The number of nitrogens with zero attached hydrogens (tertiary/aromatic N) is 4. The molecule has 1 saturated heterocycles. The highest BCUT2D eigenvalue weighted by Gasteiger charge is 2.33. The third kappa shape index (κ3) is 3.39. The van der Waals surface area contributed by atoms with Crippen molar-refractivity contribution in [1.82, 2.24) is 25.0 Å². The van der Waals surface area contributed by atoms with E-state index in [0.29, 0.717) is 31.9 Å². The Bertz CT molecular complexity index is 698. The molecule has 0 aliphatic carbocycles. The van der Waals surface area contributed by atoms with Gasteiger partial charge in [-0.15, -0.1) is 0 Å². The minimum absolute atomic E-state index is 0.0533. The van der Waals surface area contributed by atoms with E-state index in [-0.39, 0.29) is 17.7 Å². The topological polar surface area (TPSA) is 80.1 Å². The first-order valence-electron chi connectivity index (χ1n) is 7.68. The van der Waals surface area contributed by atoms with Crippen LogP contribution in [0, 0.1) is 5.92 Å². The van der Waals surface area contributed by atoms with Gasteiger partial charge in [0.25, 0.3) is 0 Å². The van der Waals surface area contributed by atoms with E-state index >= 15 is 0 Å². The zero-order chi connectivity index (χ0) is 16.2. The van der Waals surface area contributed by atoms with Gasteiger partial charge in [-0.3, -0.25) is 9.59 Å². The molecule has 1 fully saturated rings. The van der Waals surface area contributed by atoms with E-state index in [1.807, 2.05) is 31.3 Å². The summed E-state index contributed by atoms with van der Waals surface area (Å²) in [5.74, 6) is 0.425. The van der Waals surface area contributed by atoms with Crippen LogP contribution in [0.15, 0.2) is 36.8 Å². The minimum atomic E-state index is -0.255. The van der Waals surface area contributed by atoms with E-state index in [1.54, 1.807) is 22.0 Å². The van der Waals surface area contributed by atoms with Gasteiger partial charge in [0.2, 0.25) is 11.8 Å². The van der Waals surface area contributed by atoms with Crippen LogP contribution in [0.4, 0.5) is 0 Å². The molecule has 3 rings (SSSR count). The number of carbonyl (C=O) groups excluding carboxylic acids is 2. The smallest absolute Gasteiger partial charge is 0.225 e. The Kier molecular flexibility index (Phi) is 4.36. The number of carbonyl (C=O) groups is 2. The standard InChI is InChI=1S/C16H19N5O2/c1-2-20-11-13(9-15(20)22)16(23)18-10-12-4-6-17-14(8-12)21-7-3-5-19-21/h3-8,13H,2,9-11H2,1H3,(H,18,23)/t13-/m0/s1. The van der Waals surface area contributed by atoms with Crippen LogP contribution in [0.25, 0.3) is 5.82 Å². The third-order valence-corrected chi connectivity index (χ3v) is 3.98. The maximum Gasteiger partial charge on any atom is 0.225 e. The molecule has 0 radical (unpaired) electrons. The first-order chi connectivity index (χ1) is 11.2. The van der Waals surface area contributed by atoms with E-state index in [2.05, 4.69) is 15.4 Å². The van der Waals surface area contributed by atoms with Crippen LogP contribution in [0.2, 0.25) is 0 Å². The summed E-state index contributed by atoms with van der Waals surface area (Å²) >= 11 is 0. The number of rotatable bonds is 5. The van der Waals surface area contributed by atoms with Crippen molar-refractivity contribution in [3.63, 3.8) is 0 Å². The number of nitrogens with one attached hydrogen (secondary N) is 1. The molecule has 1 aliphatic rings. The first kappa shape index (κ1) is 15.2. The SMILES string of the molecule is CCN1C[C@@H](C(=O)NCc2ccnc(-n3cccn3)c2)CC1=O. The zero-order valence-corrected chi connectivity index (χ0v) is 13.0. The molecule has 0 bridgehead atoms. The molecule has 3 heterocycles. The average Bonchev–Trinajstić information content (AvgIpc) is 3.22. The van der Waals surface area contributed by atoms with Crippen LogP contribution in [-0.4, -0.2) is 44.6 Å². The highest BCUT2D eigenvalue weighted by atomic mass is 16.2. The van der Waals surface area contributed by atoms with E-state index < -0.39 is 0 Å². The van der Waals surface area contributed by atoms with E-state index in [4.69, 9.17) is 0 Å². The monoisotopic (exact) mass is 313 g/mol. The average molecular weight is 313 g/mol. The molecule has 2 amide bonds. The molecule has 2 aromatic heterocycles. The molecule has 7 heteroatoms. The van der Waals surface area contributed by atoms with Crippen molar-refractivity contribution in [2.45, 2.75) is 19.9 Å². The number of pyridine rings is 1. The Labute approximate surface area is 134 Å². The van der Waals surface area contributed by atoms with Crippen molar-refractivity contribution in [2.75, 3.05) is 13.1 Å². The normalized spacial score (nSPS) is 17.5. The summed E-state index contributed by atoms with van der Waals surface area (Å²) in [5.41, 5.74) is 0.940. The predicted octanol–water partition coefficient (Wildman–Crippen LogP) is 0.752. The van der Waals surface area contributed by atoms with Gasteiger partial charge in [-0.1, -0.05) is 0 Å². The molecule has 7 nitrogen and oxygen atoms in total. The van der Waals surface area contributed by atoms with Gasteiger partial charge in [-0.05, 0) is 30.7 Å². The van der Waals surface area contributed by atoms with Gasteiger partial charge in [0.05, 0.1) is 5.92 Å². The second kappa shape index (κ2) is 6.60. The lowest BCUT2D eigenvalue weighted by molar-refractivity contribution is -0.128. The van der Waals surface area contributed by atoms with Crippen molar-refractivity contribution in [2.24, 2.45) is 5.92 Å². The lowest BCUT2D eigenvalue weighted by Crippen LogP contribution is -2.32. The molecular formula is C16H19N5O2. The van der Waals surface area contributed by atoms with Gasteiger partial charge >= 0.3 is 0 Å². The molecule has 0 spiro atoms. The van der Waals surface area contributed by atoms with Gasteiger partial charge in [0.15, 0.2) is 5.82 Å². The van der Waals surface area contributed by atoms with E-state index in [0.717, 1.165) is 5.56 Å². The van der Waals surface area contributed by atoms with Crippen molar-refractivity contribution >= 4 is 11.8 Å². The molecule has 2 aromatic rings. The fourth-order valence-electron chi connectivity index (χ4n) is 2.69. The maximum atomic E-state index is 12.2. The summed E-state index contributed by atoms with van der Waals surface area (Å²) in [6, 6.07) is 5.56. The van der Waals surface area contributed by atoms with Crippen molar-refractivity contribution in [3.8, 4) is 5.82 Å². The van der Waals surface area contributed by atoms with Crippen molar-refractivity contribution < 1.29 is 9.59 Å². The second-order valence-electron chi connectivity index (χ2n) is 5.52. The Balaban J connectivity index is 1.59. The molecule has 1 atom stereocenters. The first-order valence-corrected chi connectivity index (χ1v) is 7.68. The molecule has 120 valence electrons. The number of aromatic nitrogens is 3. The van der Waals surface area contributed by atoms with Gasteiger partial charge in [-0.2, -0.15) is 5.10 Å². The van der Waals surface area contributed by atoms with Gasteiger partial charge in [-0.25, -0.2) is 9.67 Å². The van der Waals surface area contributed by atoms with Gasteiger partial charge in [0.1, 0.15) is 0 Å². The lowest BCUT2D eigenvalue weighted by Gasteiger charge is -2.13. The van der Waals surface area contributed by atoms with Crippen molar-refractivity contribution in [1.29, 1.82) is 0 Å². The van der Waals surface area contributed by atoms with Crippen LogP contribution in [-0.2, 0) is 16.1 Å². The Morgan fingerprint density at radius 3 is 3.00 bits per heavy atom. The Hall–Kier alpha value is -2.70. The summed E-state index contributed by atoms with van der Waals surface area (Å²) < 4.78 is 1.67. The molecule has 23 heavy (non-hydrogen) atoms. The molecular weight excluding hydrogens is 294 g/mol. The highest BCUT2D eigenvalue weighted by Crippen LogP contribution is 2.17. The van der Waals surface area contributed by atoms with Crippen LogP contribution in [0.5, 0.6) is 0 Å². The van der Waals surface area contributed by atoms with Crippen molar-refractivity contribution in [3.05, 3.63) is 42.4 Å². The number of hydrogen-bond donors (Lipinski definition) is 1. The van der Waals surface area contributed by atoms with Crippen LogP contribution in [0.3, 0.4) is 0 Å². The second-order valence-corrected chi connectivity index (χ2v) is 5.52. The summed E-state index contributed by atoms with van der Waals surface area (Å²) in [5, 5.41) is 7.04. The molecule has 1 N–H and O–H groups in total. The summed E-state index contributed by atoms with van der Waals surface area (Å²) in [6.45, 7) is 3.49. The van der Waals surface area contributed by atoms with Gasteiger partial charge in [0, 0.05) is 44.6 Å². The summed E-state index contributed by atoms with van der Waals surface area (Å²) in [4.78, 5) is 29.9. The summed E-state index contributed by atoms with van der Waals surface area (Å²) in [7, 11) is 0. The van der Waals surface area contributed by atoms with Crippen LogP contribution >= 0.6 is 0 Å². The summed E-state index contributed by atoms with van der Waals surface area (Å²) in [6.07, 6.45) is 5.49. The lowest BCUT2D eigenvalue weighted by atomic mass is 10.1. The minimum Gasteiger partial charge on any atom is -0.352 e. The largest absolute Gasteiger partial charge is 0.352 e. The van der Waals surface area contributed by atoms with E-state index in [9.17, 15) is 9.59 Å².